The van der Waals surface area contributed by atoms with Crippen molar-refractivity contribution in [2.45, 2.75) is 39.0 Å². The van der Waals surface area contributed by atoms with E-state index in [4.69, 9.17) is 0 Å². The molecule has 0 aliphatic rings. The third kappa shape index (κ3) is 5.47. The highest BCUT2D eigenvalue weighted by atomic mass is 32.1. The van der Waals surface area contributed by atoms with Crippen LogP contribution >= 0.6 is 11.3 Å². The van der Waals surface area contributed by atoms with E-state index in [-0.39, 0.29) is 37.0 Å². The van der Waals surface area contributed by atoms with Crippen LogP contribution in [0.3, 0.4) is 0 Å². The van der Waals surface area contributed by atoms with Gasteiger partial charge in [0, 0.05) is 44.3 Å². The largest absolute Gasteiger partial charge is 0.389 e. The smallest absolute Gasteiger partial charge is 0.326 e. The Morgan fingerprint density at radius 3 is 2.54 bits per heavy atom. The predicted octanol–water partition coefficient (Wildman–Crippen LogP) is 3.30. The summed E-state index contributed by atoms with van der Waals surface area (Å²) in [6.45, 7) is 3.63. The highest BCUT2D eigenvalue weighted by molar-refractivity contribution is 7.17. The lowest BCUT2D eigenvalue weighted by Crippen LogP contribution is -2.31. The van der Waals surface area contributed by atoms with Crippen LogP contribution in [0, 0.1) is 0 Å². The van der Waals surface area contributed by atoms with Gasteiger partial charge in [0.1, 0.15) is 0 Å². The number of aliphatic hydroxyl groups is 1. The van der Waals surface area contributed by atoms with Crippen molar-refractivity contribution in [1.29, 1.82) is 0 Å². The van der Waals surface area contributed by atoms with Crippen molar-refractivity contribution in [3.63, 3.8) is 0 Å². The van der Waals surface area contributed by atoms with E-state index >= 15 is 0 Å². The number of carbonyl (C=O) groups is 2. The fourth-order valence-electron chi connectivity index (χ4n) is 4.37. The molecule has 0 atom stereocenters. The first kappa shape index (κ1) is 26.3. The van der Waals surface area contributed by atoms with Gasteiger partial charge in [-0.05, 0) is 55.8 Å². The number of benzene rings is 1. The van der Waals surface area contributed by atoms with Crippen molar-refractivity contribution in [2.75, 3.05) is 19.4 Å². The lowest BCUT2D eigenvalue weighted by atomic mass is 10.1. The number of anilines is 1. The standard InChI is InChI=1S/C27H29N7O4S/c1-27(2,38)15-34-20-13-17-19(14-18(20)30-26(34)37)33(12-9-23(35)32(3)4)25(29-17)31-24(36)22-6-5-21(39-22)16-7-10-28-11-8-16/h5-8,10-11,13-14,38H,9,12,15H2,1-4H3,(H,30,37)(H,29,31,36). The molecule has 202 valence electrons. The van der Waals surface area contributed by atoms with Gasteiger partial charge in [-0.25, -0.2) is 9.78 Å². The van der Waals surface area contributed by atoms with E-state index in [2.05, 4.69) is 20.3 Å². The summed E-state index contributed by atoms with van der Waals surface area (Å²) in [5.41, 5.74) is 1.87. The van der Waals surface area contributed by atoms with Crippen molar-refractivity contribution >= 4 is 51.2 Å². The summed E-state index contributed by atoms with van der Waals surface area (Å²) in [5.74, 6) is -0.0926. The monoisotopic (exact) mass is 547 g/mol. The Kier molecular flexibility index (Phi) is 6.83. The number of hydrogen-bond donors (Lipinski definition) is 3. The Labute approximate surface area is 227 Å². The van der Waals surface area contributed by atoms with Crippen LogP contribution in [0.25, 0.3) is 32.5 Å². The van der Waals surface area contributed by atoms with Gasteiger partial charge in [0.15, 0.2) is 0 Å². The van der Waals surface area contributed by atoms with Gasteiger partial charge < -0.3 is 19.6 Å². The number of amides is 2. The summed E-state index contributed by atoms with van der Waals surface area (Å²) in [4.78, 5) is 52.8. The van der Waals surface area contributed by atoms with Gasteiger partial charge in [0.2, 0.25) is 11.9 Å². The first-order valence-electron chi connectivity index (χ1n) is 12.4. The number of nitrogens with one attached hydrogen (secondary N) is 2. The summed E-state index contributed by atoms with van der Waals surface area (Å²) in [6.07, 6.45) is 3.60. The van der Waals surface area contributed by atoms with Gasteiger partial charge >= 0.3 is 5.69 Å². The lowest BCUT2D eigenvalue weighted by molar-refractivity contribution is -0.128. The molecular weight excluding hydrogens is 518 g/mol. The van der Waals surface area contributed by atoms with E-state index in [0.717, 1.165) is 10.4 Å². The van der Waals surface area contributed by atoms with Gasteiger partial charge in [-0.2, -0.15) is 0 Å². The van der Waals surface area contributed by atoms with E-state index in [1.807, 2.05) is 18.2 Å². The number of imidazole rings is 2. The molecule has 5 rings (SSSR count). The number of fused-ring (bicyclic) bond motifs is 2. The molecule has 3 N–H and O–H groups in total. The molecule has 0 spiro atoms. The number of hydrogen-bond acceptors (Lipinski definition) is 7. The highest BCUT2D eigenvalue weighted by Gasteiger charge is 2.21. The molecule has 1 aromatic carbocycles. The number of H-pyrrole nitrogens is 1. The van der Waals surface area contributed by atoms with E-state index in [9.17, 15) is 19.5 Å². The zero-order valence-electron chi connectivity index (χ0n) is 22.1. The predicted molar refractivity (Wildman–Crippen MR) is 151 cm³/mol. The van der Waals surface area contributed by atoms with Crippen molar-refractivity contribution in [3.05, 3.63) is 64.2 Å². The third-order valence-electron chi connectivity index (χ3n) is 6.26. The number of carbonyl (C=O) groups excluding carboxylic acids is 2. The molecule has 0 bridgehead atoms. The summed E-state index contributed by atoms with van der Waals surface area (Å²) < 4.78 is 3.24. The topological polar surface area (TPSA) is 138 Å². The van der Waals surface area contributed by atoms with Gasteiger partial charge in [-0.1, -0.05) is 0 Å². The van der Waals surface area contributed by atoms with E-state index in [1.165, 1.54) is 20.8 Å². The molecule has 11 nitrogen and oxygen atoms in total. The number of rotatable bonds is 8. The van der Waals surface area contributed by atoms with Crippen molar-refractivity contribution < 1.29 is 14.7 Å². The Hall–Kier alpha value is -4.29. The maximum absolute atomic E-state index is 13.3. The number of nitrogens with zero attached hydrogens (tertiary/aromatic N) is 5. The average molecular weight is 548 g/mol. The second-order valence-corrected chi connectivity index (χ2v) is 11.2. The Bertz CT molecular complexity index is 1740. The molecule has 5 aromatic rings. The van der Waals surface area contributed by atoms with Gasteiger partial charge in [0.05, 0.1) is 39.1 Å². The first-order valence-corrected chi connectivity index (χ1v) is 13.2. The minimum absolute atomic E-state index is 0.0693. The molecule has 0 unspecified atom stereocenters. The molecule has 0 aliphatic carbocycles. The molecular formula is C27H29N7O4S. The molecule has 0 saturated heterocycles. The third-order valence-corrected chi connectivity index (χ3v) is 7.39. The lowest BCUT2D eigenvalue weighted by Gasteiger charge is -2.17. The van der Waals surface area contributed by atoms with Crippen LogP contribution in [0.2, 0.25) is 0 Å². The van der Waals surface area contributed by atoms with E-state index < -0.39 is 5.60 Å². The fourth-order valence-corrected chi connectivity index (χ4v) is 5.27. The molecule has 0 aliphatic heterocycles. The number of thiophene rings is 1. The molecule has 39 heavy (non-hydrogen) atoms. The van der Waals surface area contributed by atoms with Crippen LogP contribution in [0.1, 0.15) is 29.9 Å². The number of aryl methyl sites for hydroxylation is 1. The minimum atomic E-state index is -1.10. The van der Waals surface area contributed by atoms with Crippen LogP contribution in [0.15, 0.2) is 53.6 Å². The molecule has 0 saturated carbocycles. The molecule has 0 radical (unpaired) electrons. The molecule has 4 heterocycles. The summed E-state index contributed by atoms with van der Waals surface area (Å²) in [6, 6.07) is 10.9. The van der Waals surface area contributed by atoms with E-state index in [1.54, 1.807) is 63.1 Å². The molecule has 12 heteroatoms. The zero-order valence-corrected chi connectivity index (χ0v) is 22.9. The second-order valence-electron chi connectivity index (χ2n) is 10.2. The van der Waals surface area contributed by atoms with Gasteiger partial charge in [-0.15, -0.1) is 11.3 Å². The van der Waals surface area contributed by atoms with Gasteiger partial charge in [0.25, 0.3) is 5.91 Å². The van der Waals surface area contributed by atoms with Crippen molar-refractivity contribution in [1.82, 2.24) is 29.0 Å². The number of pyridine rings is 1. The van der Waals surface area contributed by atoms with Crippen molar-refractivity contribution in [2.24, 2.45) is 0 Å². The summed E-state index contributed by atoms with van der Waals surface area (Å²) >= 11 is 1.36. The zero-order chi connectivity index (χ0) is 27.9. The maximum atomic E-state index is 13.3. The number of aromatic amines is 1. The molecule has 4 aromatic heterocycles. The molecule has 0 fully saturated rings. The van der Waals surface area contributed by atoms with Gasteiger partial charge in [-0.3, -0.25) is 24.5 Å². The quantitative estimate of drug-likeness (QED) is 0.273. The Morgan fingerprint density at radius 1 is 1.10 bits per heavy atom. The van der Waals surface area contributed by atoms with Crippen LogP contribution in [0.5, 0.6) is 0 Å². The molecule has 2 amide bonds. The SMILES string of the molecule is CN(C)C(=O)CCn1c(NC(=O)c2ccc(-c3ccncc3)s2)nc2cc3c(cc21)[nH]c(=O)n3CC(C)(C)O. The van der Waals surface area contributed by atoms with Crippen molar-refractivity contribution in [3.8, 4) is 10.4 Å². The minimum Gasteiger partial charge on any atom is -0.389 e. The van der Waals surface area contributed by atoms with Crippen LogP contribution in [0.4, 0.5) is 5.95 Å². The highest BCUT2D eigenvalue weighted by Crippen LogP contribution is 2.29. The maximum Gasteiger partial charge on any atom is 0.326 e. The van der Waals surface area contributed by atoms with Crippen LogP contribution in [-0.4, -0.2) is 65.6 Å². The summed E-state index contributed by atoms with van der Waals surface area (Å²) in [7, 11) is 3.38. The first-order chi connectivity index (χ1) is 18.5. The number of aromatic nitrogens is 5. The Balaban J connectivity index is 1.53. The van der Waals surface area contributed by atoms with E-state index in [0.29, 0.717) is 32.9 Å². The second kappa shape index (κ2) is 10.1. The average Bonchev–Trinajstić information content (AvgIpc) is 3.57. The van der Waals surface area contributed by atoms with Crippen LogP contribution < -0.4 is 11.0 Å². The normalized spacial score (nSPS) is 11.8. The Morgan fingerprint density at radius 2 is 1.85 bits per heavy atom. The summed E-state index contributed by atoms with van der Waals surface area (Å²) in [5, 5.41) is 13.2. The van der Waals surface area contributed by atoms with Crippen LogP contribution in [-0.2, 0) is 17.9 Å². The fraction of sp³-hybridized carbons (Fsp3) is 0.296.